The summed E-state index contributed by atoms with van der Waals surface area (Å²) in [7, 11) is 2.86. The maximum atomic E-state index is 12.9. The van der Waals surface area contributed by atoms with Crippen LogP contribution in [0.25, 0.3) is 0 Å². The lowest BCUT2D eigenvalue weighted by molar-refractivity contribution is -0.126. The standard InChI is InChI=1S/C22H25Cl2N3O6/c1-6-32-13-10-15(18(23)17(11-13)33-7-2)25-22(29)20(12(3)28)27-26-14-8-9-16(30-4)19(24)21(14)31-5/h8-11,20H,6-7H2,1-5H3,(H,25,29). The van der Waals surface area contributed by atoms with Crippen molar-refractivity contribution in [2.75, 3.05) is 32.8 Å². The van der Waals surface area contributed by atoms with E-state index in [2.05, 4.69) is 15.5 Å². The summed E-state index contributed by atoms with van der Waals surface area (Å²) in [5.74, 6) is 0.0802. The maximum absolute atomic E-state index is 12.9. The second-order valence-corrected chi connectivity index (χ2v) is 7.26. The largest absolute Gasteiger partial charge is 0.495 e. The van der Waals surface area contributed by atoms with Gasteiger partial charge < -0.3 is 24.3 Å². The fourth-order valence-electron chi connectivity index (χ4n) is 2.77. The topological polar surface area (TPSA) is 108 Å². The Morgan fingerprint density at radius 1 is 1.00 bits per heavy atom. The number of amides is 1. The molecule has 0 spiro atoms. The molecule has 33 heavy (non-hydrogen) atoms. The predicted octanol–water partition coefficient (Wildman–Crippen LogP) is 5.49. The third kappa shape index (κ3) is 6.49. The number of carbonyl (C=O) groups is 2. The molecule has 0 bridgehead atoms. The molecular weight excluding hydrogens is 473 g/mol. The van der Waals surface area contributed by atoms with Gasteiger partial charge in [-0.3, -0.25) is 9.59 Å². The minimum Gasteiger partial charge on any atom is -0.495 e. The average Bonchev–Trinajstić information content (AvgIpc) is 2.77. The summed E-state index contributed by atoms with van der Waals surface area (Å²) in [4.78, 5) is 25.1. The highest BCUT2D eigenvalue weighted by Gasteiger charge is 2.25. The van der Waals surface area contributed by atoms with Gasteiger partial charge in [-0.2, -0.15) is 10.2 Å². The molecule has 9 nitrogen and oxygen atoms in total. The average molecular weight is 498 g/mol. The van der Waals surface area contributed by atoms with Crippen LogP contribution >= 0.6 is 23.2 Å². The van der Waals surface area contributed by atoms with Crippen molar-refractivity contribution in [3.8, 4) is 23.0 Å². The molecular formula is C22H25Cl2N3O6. The van der Waals surface area contributed by atoms with Gasteiger partial charge in [0, 0.05) is 12.1 Å². The van der Waals surface area contributed by atoms with E-state index in [1.165, 1.54) is 27.2 Å². The molecule has 0 saturated heterocycles. The molecule has 178 valence electrons. The molecule has 11 heteroatoms. The number of rotatable bonds is 11. The van der Waals surface area contributed by atoms with Gasteiger partial charge in [-0.1, -0.05) is 23.2 Å². The van der Waals surface area contributed by atoms with Gasteiger partial charge in [0.2, 0.25) is 6.04 Å². The van der Waals surface area contributed by atoms with Crippen LogP contribution < -0.4 is 24.3 Å². The lowest BCUT2D eigenvalue weighted by Crippen LogP contribution is -2.32. The number of halogens is 2. The van der Waals surface area contributed by atoms with Gasteiger partial charge in [0.1, 0.15) is 33.0 Å². The molecule has 0 fully saturated rings. The van der Waals surface area contributed by atoms with Gasteiger partial charge in [0.25, 0.3) is 5.91 Å². The predicted molar refractivity (Wildman–Crippen MR) is 126 cm³/mol. The Morgan fingerprint density at radius 2 is 1.70 bits per heavy atom. The summed E-state index contributed by atoms with van der Waals surface area (Å²) < 4.78 is 21.4. The van der Waals surface area contributed by atoms with Crippen LogP contribution in [-0.2, 0) is 9.59 Å². The molecule has 1 N–H and O–H groups in total. The van der Waals surface area contributed by atoms with E-state index in [-0.39, 0.29) is 27.2 Å². The zero-order valence-corrected chi connectivity index (χ0v) is 20.4. The summed E-state index contributed by atoms with van der Waals surface area (Å²) in [6, 6.07) is 4.81. The Balaban J connectivity index is 2.36. The fraction of sp³-hybridized carbons (Fsp3) is 0.364. The van der Waals surface area contributed by atoms with Crippen molar-refractivity contribution in [2.45, 2.75) is 26.8 Å². The molecule has 2 aromatic rings. The van der Waals surface area contributed by atoms with E-state index in [0.717, 1.165) is 0 Å². The van der Waals surface area contributed by atoms with E-state index in [1.54, 1.807) is 25.1 Å². The Labute approximate surface area is 202 Å². The van der Waals surface area contributed by atoms with Crippen LogP contribution in [0.2, 0.25) is 10.0 Å². The first kappa shape index (κ1) is 26.2. The molecule has 1 unspecified atom stereocenters. The molecule has 0 aliphatic heterocycles. The van der Waals surface area contributed by atoms with E-state index in [1.807, 2.05) is 6.92 Å². The van der Waals surface area contributed by atoms with E-state index >= 15 is 0 Å². The smallest absolute Gasteiger partial charge is 0.258 e. The minimum absolute atomic E-state index is 0.163. The van der Waals surface area contributed by atoms with Crippen LogP contribution in [0.5, 0.6) is 23.0 Å². The molecule has 2 aromatic carbocycles. The number of Topliss-reactive ketones (excluding diaryl/α,β-unsaturated/α-hetero) is 1. The molecule has 0 radical (unpaired) electrons. The van der Waals surface area contributed by atoms with Crippen molar-refractivity contribution in [3.05, 3.63) is 34.3 Å². The number of methoxy groups -OCH3 is 2. The van der Waals surface area contributed by atoms with Crippen molar-refractivity contribution in [3.63, 3.8) is 0 Å². The summed E-state index contributed by atoms with van der Waals surface area (Å²) in [5.41, 5.74) is 0.431. The number of nitrogens with one attached hydrogen (secondary N) is 1. The Kier molecular flexibility index (Phi) is 9.74. The van der Waals surface area contributed by atoms with E-state index in [4.69, 9.17) is 42.1 Å². The zero-order valence-electron chi connectivity index (χ0n) is 18.9. The quantitative estimate of drug-likeness (QED) is 0.324. The number of nitrogens with zero attached hydrogens (tertiary/aromatic N) is 2. The Hall–Kier alpha value is -3.04. The first-order valence-electron chi connectivity index (χ1n) is 9.99. The molecule has 0 saturated carbocycles. The highest BCUT2D eigenvalue weighted by atomic mass is 35.5. The van der Waals surface area contributed by atoms with Crippen LogP contribution in [0.3, 0.4) is 0 Å². The summed E-state index contributed by atoms with van der Waals surface area (Å²) in [5, 5.41) is 10.9. The number of anilines is 1. The number of ketones is 1. The van der Waals surface area contributed by atoms with Crippen molar-refractivity contribution < 1.29 is 28.5 Å². The first-order valence-corrected chi connectivity index (χ1v) is 10.7. The van der Waals surface area contributed by atoms with Crippen LogP contribution in [0, 0.1) is 0 Å². The number of benzene rings is 2. The van der Waals surface area contributed by atoms with Crippen molar-refractivity contribution >= 4 is 46.3 Å². The van der Waals surface area contributed by atoms with Gasteiger partial charge in [0.05, 0.1) is 33.1 Å². The molecule has 0 aromatic heterocycles. The molecule has 2 rings (SSSR count). The normalized spacial score (nSPS) is 11.7. The zero-order chi connectivity index (χ0) is 24.5. The van der Waals surface area contributed by atoms with Gasteiger partial charge in [-0.05, 0) is 32.9 Å². The molecule has 0 aliphatic rings. The SMILES string of the molecule is CCOc1cc(NC(=O)C(N=Nc2ccc(OC)c(Cl)c2OC)C(C)=O)c(Cl)c(OCC)c1. The monoisotopic (exact) mass is 497 g/mol. The third-order valence-electron chi connectivity index (χ3n) is 4.26. The number of azo groups is 1. The fourth-order valence-corrected chi connectivity index (χ4v) is 3.30. The second kappa shape index (κ2) is 12.3. The second-order valence-electron chi connectivity index (χ2n) is 6.50. The molecule has 1 atom stereocenters. The van der Waals surface area contributed by atoms with E-state index in [0.29, 0.717) is 30.5 Å². The lowest BCUT2D eigenvalue weighted by atomic mass is 10.2. The van der Waals surface area contributed by atoms with Crippen LogP contribution in [-0.4, -0.2) is 45.2 Å². The summed E-state index contributed by atoms with van der Waals surface area (Å²) in [6.07, 6.45) is 0. The lowest BCUT2D eigenvalue weighted by Gasteiger charge is -2.15. The summed E-state index contributed by atoms with van der Waals surface area (Å²) >= 11 is 12.6. The van der Waals surface area contributed by atoms with E-state index < -0.39 is 17.7 Å². The van der Waals surface area contributed by atoms with E-state index in [9.17, 15) is 9.59 Å². The number of hydrogen-bond acceptors (Lipinski definition) is 8. The third-order valence-corrected chi connectivity index (χ3v) is 5.01. The number of ether oxygens (including phenoxy) is 4. The van der Waals surface area contributed by atoms with Crippen molar-refractivity contribution in [1.29, 1.82) is 0 Å². The highest BCUT2D eigenvalue weighted by Crippen LogP contribution is 2.41. The van der Waals surface area contributed by atoms with Gasteiger partial charge in [-0.15, -0.1) is 0 Å². The highest BCUT2D eigenvalue weighted by molar-refractivity contribution is 6.35. The van der Waals surface area contributed by atoms with Crippen molar-refractivity contribution in [1.82, 2.24) is 0 Å². The van der Waals surface area contributed by atoms with Gasteiger partial charge in [-0.25, -0.2) is 0 Å². The molecule has 1 amide bonds. The van der Waals surface area contributed by atoms with Gasteiger partial charge in [0.15, 0.2) is 11.5 Å². The van der Waals surface area contributed by atoms with Gasteiger partial charge >= 0.3 is 0 Å². The van der Waals surface area contributed by atoms with Crippen LogP contribution in [0.1, 0.15) is 20.8 Å². The number of hydrogen-bond donors (Lipinski definition) is 1. The minimum atomic E-state index is -1.45. The van der Waals surface area contributed by atoms with Crippen LogP contribution in [0.15, 0.2) is 34.5 Å². The Morgan fingerprint density at radius 3 is 2.27 bits per heavy atom. The number of carbonyl (C=O) groups excluding carboxylic acids is 2. The Bertz CT molecular complexity index is 1050. The first-order chi connectivity index (χ1) is 15.8. The van der Waals surface area contributed by atoms with Crippen LogP contribution in [0.4, 0.5) is 11.4 Å². The maximum Gasteiger partial charge on any atom is 0.258 e. The molecule has 0 aliphatic carbocycles. The van der Waals surface area contributed by atoms with Crippen molar-refractivity contribution in [2.24, 2.45) is 10.2 Å². The summed E-state index contributed by atoms with van der Waals surface area (Å²) in [6.45, 7) is 5.61. The molecule has 0 heterocycles.